The van der Waals surface area contributed by atoms with Crippen LogP contribution in [0.4, 0.5) is 11.4 Å². The molecule has 0 bridgehead atoms. The fourth-order valence-electron chi connectivity index (χ4n) is 2.70. The number of carbonyl (C=O) groups is 1. The molecule has 8 heteroatoms. The number of thioether (sulfide) groups is 1. The number of rotatable bonds is 5. The Kier molecular flexibility index (Phi) is 5.75. The van der Waals surface area contributed by atoms with E-state index in [4.69, 9.17) is 4.74 Å². The predicted octanol–water partition coefficient (Wildman–Crippen LogP) is 4.26. The van der Waals surface area contributed by atoms with Crippen LogP contribution >= 0.6 is 11.8 Å². The van der Waals surface area contributed by atoms with Crippen molar-refractivity contribution in [3.8, 4) is 5.75 Å². The van der Waals surface area contributed by atoms with Crippen molar-refractivity contribution in [3.63, 3.8) is 0 Å². The zero-order chi connectivity index (χ0) is 19.4. The van der Waals surface area contributed by atoms with E-state index in [0.717, 1.165) is 5.75 Å². The zero-order valence-corrected chi connectivity index (χ0v) is 15.8. The highest BCUT2D eigenvalue weighted by Gasteiger charge is 2.33. The lowest BCUT2D eigenvalue weighted by Crippen LogP contribution is -2.37. The molecule has 0 unspecified atom stereocenters. The lowest BCUT2D eigenvalue weighted by molar-refractivity contribution is -0.384. The first-order valence-corrected chi connectivity index (χ1v) is 9.51. The van der Waals surface area contributed by atoms with Gasteiger partial charge in [0.1, 0.15) is 11.4 Å². The Labute approximate surface area is 161 Å². The second-order valence-corrected chi connectivity index (χ2v) is 6.92. The van der Waals surface area contributed by atoms with Crippen LogP contribution in [-0.4, -0.2) is 39.3 Å². The summed E-state index contributed by atoms with van der Waals surface area (Å²) in [6, 6.07) is 13.0. The van der Waals surface area contributed by atoms with Crippen molar-refractivity contribution in [2.45, 2.75) is 19.9 Å². The van der Waals surface area contributed by atoms with Crippen LogP contribution in [0.3, 0.4) is 0 Å². The fourth-order valence-corrected chi connectivity index (χ4v) is 3.80. The van der Waals surface area contributed by atoms with Crippen molar-refractivity contribution in [1.82, 2.24) is 4.90 Å². The monoisotopic (exact) mass is 385 g/mol. The number of hydrogen-bond acceptors (Lipinski definition) is 6. The molecule has 1 aliphatic heterocycles. The Morgan fingerprint density at radius 3 is 2.67 bits per heavy atom. The molecule has 1 amide bonds. The Morgan fingerprint density at radius 2 is 2.00 bits per heavy atom. The van der Waals surface area contributed by atoms with Crippen LogP contribution in [0, 0.1) is 10.1 Å². The lowest BCUT2D eigenvalue weighted by atomic mass is 10.1. The van der Waals surface area contributed by atoms with Gasteiger partial charge < -0.3 is 4.74 Å². The van der Waals surface area contributed by atoms with E-state index in [1.165, 1.54) is 36.0 Å². The Morgan fingerprint density at radius 1 is 1.30 bits per heavy atom. The highest BCUT2D eigenvalue weighted by Crippen LogP contribution is 2.33. The van der Waals surface area contributed by atoms with Crippen LogP contribution < -0.4 is 4.74 Å². The molecule has 1 saturated heterocycles. The second-order valence-electron chi connectivity index (χ2n) is 5.93. The van der Waals surface area contributed by atoms with Crippen LogP contribution in [0.1, 0.15) is 24.2 Å². The highest BCUT2D eigenvalue weighted by atomic mass is 32.2. The zero-order valence-electron chi connectivity index (χ0n) is 15.0. The van der Waals surface area contributed by atoms with E-state index in [-0.39, 0.29) is 17.6 Å². The second kappa shape index (κ2) is 8.22. The quantitative estimate of drug-likeness (QED) is 0.567. The molecule has 0 aliphatic carbocycles. The SMILES string of the molecule is CCOc1ccccc1N=C1SC[C@@H](C)N1C(=O)c1ccc([N+](=O)[O-])cc1. The average molecular weight is 385 g/mol. The first kappa shape index (κ1) is 18.9. The third-order valence-corrected chi connectivity index (χ3v) is 5.22. The maximum Gasteiger partial charge on any atom is 0.269 e. The summed E-state index contributed by atoms with van der Waals surface area (Å²) in [7, 11) is 0. The molecule has 0 N–H and O–H groups in total. The molecule has 3 rings (SSSR count). The van der Waals surface area contributed by atoms with Crippen LogP contribution in [0.15, 0.2) is 53.5 Å². The number of nitro groups is 1. The summed E-state index contributed by atoms with van der Waals surface area (Å²) in [5, 5.41) is 11.4. The number of non-ortho nitro benzene ring substituents is 1. The van der Waals surface area contributed by atoms with Gasteiger partial charge in [0.2, 0.25) is 0 Å². The lowest BCUT2D eigenvalue weighted by Gasteiger charge is -2.21. The van der Waals surface area contributed by atoms with Gasteiger partial charge in [0, 0.05) is 29.5 Å². The number of aliphatic imine (C=N–C) groups is 1. The topological polar surface area (TPSA) is 85.0 Å². The van der Waals surface area contributed by atoms with Gasteiger partial charge in [0.25, 0.3) is 11.6 Å². The number of para-hydroxylation sites is 2. The molecule has 1 heterocycles. The molecule has 27 heavy (non-hydrogen) atoms. The highest BCUT2D eigenvalue weighted by molar-refractivity contribution is 8.14. The molecule has 0 saturated carbocycles. The van der Waals surface area contributed by atoms with Crippen LogP contribution in [0.5, 0.6) is 5.75 Å². The first-order valence-electron chi connectivity index (χ1n) is 8.52. The number of amides is 1. The number of amidine groups is 1. The molecule has 0 radical (unpaired) electrons. The van der Waals surface area contributed by atoms with Crippen molar-refractivity contribution in [3.05, 3.63) is 64.2 Å². The third-order valence-electron chi connectivity index (χ3n) is 4.03. The standard InChI is InChI=1S/C19H19N3O4S/c1-3-26-17-7-5-4-6-16(17)20-19-21(13(2)12-27-19)18(23)14-8-10-15(11-9-14)22(24)25/h4-11,13H,3,12H2,1-2H3/t13-/m1/s1. The smallest absolute Gasteiger partial charge is 0.269 e. The van der Waals surface area contributed by atoms with Crippen molar-refractivity contribution in [2.75, 3.05) is 12.4 Å². The van der Waals surface area contributed by atoms with Gasteiger partial charge in [-0.2, -0.15) is 0 Å². The molecule has 2 aromatic carbocycles. The summed E-state index contributed by atoms with van der Waals surface area (Å²) in [6.45, 7) is 4.38. The summed E-state index contributed by atoms with van der Waals surface area (Å²) >= 11 is 1.50. The van der Waals surface area contributed by atoms with Crippen molar-refractivity contribution in [1.29, 1.82) is 0 Å². The van der Waals surface area contributed by atoms with E-state index in [0.29, 0.717) is 28.8 Å². The summed E-state index contributed by atoms with van der Waals surface area (Å²) in [5.41, 5.74) is 1.01. The molecule has 7 nitrogen and oxygen atoms in total. The van der Waals surface area contributed by atoms with Gasteiger partial charge in [0.05, 0.1) is 11.5 Å². The van der Waals surface area contributed by atoms with Crippen molar-refractivity contribution >= 4 is 34.2 Å². The van der Waals surface area contributed by atoms with E-state index < -0.39 is 4.92 Å². The van der Waals surface area contributed by atoms with Crippen molar-refractivity contribution in [2.24, 2.45) is 4.99 Å². The average Bonchev–Trinajstić information content (AvgIpc) is 3.03. The minimum atomic E-state index is -0.486. The first-order chi connectivity index (χ1) is 13.0. The summed E-state index contributed by atoms with van der Waals surface area (Å²) in [5.74, 6) is 1.17. The van der Waals surface area contributed by atoms with Crippen LogP contribution in [-0.2, 0) is 0 Å². The van der Waals surface area contributed by atoms with E-state index in [2.05, 4.69) is 4.99 Å². The number of ether oxygens (including phenoxy) is 1. The normalized spacial score (nSPS) is 17.9. The Balaban J connectivity index is 1.91. The van der Waals surface area contributed by atoms with Gasteiger partial charge in [-0.25, -0.2) is 4.99 Å². The molecule has 0 aromatic heterocycles. The van der Waals surface area contributed by atoms with Gasteiger partial charge in [-0.05, 0) is 38.1 Å². The minimum absolute atomic E-state index is 0.0318. The van der Waals surface area contributed by atoms with Gasteiger partial charge in [-0.15, -0.1) is 0 Å². The number of benzene rings is 2. The Hall–Kier alpha value is -2.87. The van der Waals surface area contributed by atoms with E-state index in [1.54, 1.807) is 4.90 Å². The predicted molar refractivity (Wildman–Crippen MR) is 106 cm³/mol. The maximum atomic E-state index is 13.0. The summed E-state index contributed by atoms with van der Waals surface area (Å²) in [4.78, 5) is 29.6. The molecule has 1 atom stereocenters. The maximum absolute atomic E-state index is 13.0. The third kappa shape index (κ3) is 4.11. The van der Waals surface area contributed by atoms with E-state index >= 15 is 0 Å². The van der Waals surface area contributed by atoms with Gasteiger partial charge >= 0.3 is 0 Å². The number of nitrogens with zero attached hydrogens (tertiary/aromatic N) is 3. The Bertz CT molecular complexity index is 883. The fraction of sp³-hybridized carbons (Fsp3) is 0.263. The van der Waals surface area contributed by atoms with E-state index in [9.17, 15) is 14.9 Å². The number of carbonyl (C=O) groups excluding carboxylic acids is 1. The van der Waals surface area contributed by atoms with Crippen molar-refractivity contribution < 1.29 is 14.5 Å². The van der Waals surface area contributed by atoms with Crippen LogP contribution in [0.2, 0.25) is 0 Å². The molecule has 1 fully saturated rings. The van der Waals surface area contributed by atoms with Crippen LogP contribution in [0.25, 0.3) is 0 Å². The van der Waals surface area contributed by atoms with E-state index in [1.807, 2.05) is 38.1 Å². The summed E-state index contributed by atoms with van der Waals surface area (Å²) in [6.07, 6.45) is 0. The van der Waals surface area contributed by atoms with Gasteiger partial charge in [-0.1, -0.05) is 23.9 Å². The molecular weight excluding hydrogens is 366 g/mol. The summed E-state index contributed by atoms with van der Waals surface area (Å²) < 4.78 is 5.61. The number of nitro benzene ring substituents is 1. The molecular formula is C19H19N3O4S. The molecule has 1 aliphatic rings. The molecule has 140 valence electrons. The largest absolute Gasteiger partial charge is 0.492 e. The minimum Gasteiger partial charge on any atom is -0.492 e. The molecule has 0 spiro atoms. The van der Waals surface area contributed by atoms with Gasteiger partial charge in [0.15, 0.2) is 5.17 Å². The number of hydrogen-bond donors (Lipinski definition) is 0. The van der Waals surface area contributed by atoms with Gasteiger partial charge in [-0.3, -0.25) is 19.8 Å². The molecule has 2 aromatic rings.